The van der Waals surface area contributed by atoms with E-state index in [-0.39, 0.29) is 16.9 Å². The van der Waals surface area contributed by atoms with Gasteiger partial charge in [-0.1, -0.05) is 13.0 Å². The number of nitrogens with one attached hydrogen (secondary N) is 3. The van der Waals surface area contributed by atoms with Gasteiger partial charge in [-0.3, -0.25) is 14.9 Å². The highest BCUT2D eigenvalue weighted by molar-refractivity contribution is 7.80. The predicted octanol–water partition coefficient (Wildman–Crippen LogP) is 4.13. The van der Waals surface area contributed by atoms with Crippen molar-refractivity contribution in [3.05, 3.63) is 83.8 Å². The summed E-state index contributed by atoms with van der Waals surface area (Å²) in [6.45, 7) is 2.91. The fourth-order valence-corrected chi connectivity index (χ4v) is 2.88. The highest BCUT2D eigenvalue weighted by Crippen LogP contribution is 2.14. The highest BCUT2D eigenvalue weighted by Gasteiger charge is 2.10. The second-order valence-electron chi connectivity index (χ2n) is 6.62. The molecule has 7 nitrogen and oxygen atoms in total. The summed E-state index contributed by atoms with van der Waals surface area (Å²) in [5.74, 6) is 0.752. The number of carbonyl (C=O) groups is 2. The molecule has 0 fully saturated rings. The average Bonchev–Trinajstić information content (AvgIpc) is 3.30. The van der Waals surface area contributed by atoms with Crippen molar-refractivity contribution in [2.45, 2.75) is 19.9 Å². The number of benzene rings is 2. The van der Waals surface area contributed by atoms with Crippen molar-refractivity contribution < 1.29 is 18.7 Å². The molecule has 3 N–H and O–H groups in total. The van der Waals surface area contributed by atoms with Crippen molar-refractivity contribution >= 4 is 34.8 Å². The Hall–Kier alpha value is -3.65. The molecule has 0 aliphatic rings. The fraction of sp³-hybridized carbons (Fsp3) is 0.174. The lowest BCUT2D eigenvalue weighted by molar-refractivity contribution is 0.0946. The van der Waals surface area contributed by atoms with Crippen LogP contribution in [0.25, 0.3) is 0 Å². The van der Waals surface area contributed by atoms with Gasteiger partial charge in [-0.15, -0.1) is 0 Å². The largest absolute Gasteiger partial charge is 0.494 e. The molecule has 0 aliphatic carbocycles. The number of carbonyl (C=O) groups excluding carboxylic acids is 2. The number of furan rings is 1. The summed E-state index contributed by atoms with van der Waals surface area (Å²) in [5.41, 5.74) is 1.59. The third kappa shape index (κ3) is 6.68. The van der Waals surface area contributed by atoms with Crippen LogP contribution in [-0.2, 0) is 6.54 Å². The van der Waals surface area contributed by atoms with Gasteiger partial charge in [0, 0.05) is 16.8 Å². The van der Waals surface area contributed by atoms with Gasteiger partial charge in [0.15, 0.2) is 5.11 Å². The molecule has 2 amide bonds. The van der Waals surface area contributed by atoms with Crippen molar-refractivity contribution in [1.82, 2.24) is 10.6 Å². The lowest BCUT2D eigenvalue weighted by Gasteiger charge is -2.11. The van der Waals surface area contributed by atoms with E-state index in [9.17, 15) is 9.59 Å². The lowest BCUT2D eigenvalue weighted by atomic mass is 10.2. The molecular formula is C23H23N3O4S. The van der Waals surface area contributed by atoms with E-state index in [1.54, 1.807) is 66.9 Å². The summed E-state index contributed by atoms with van der Waals surface area (Å²) in [6.07, 6.45) is 2.44. The number of hydrogen-bond donors (Lipinski definition) is 3. The first-order valence-corrected chi connectivity index (χ1v) is 10.2. The van der Waals surface area contributed by atoms with Crippen LogP contribution >= 0.6 is 12.2 Å². The first-order chi connectivity index (χ1) is 15.0. The quantitative estimate of drug-likeness (QED) is 0.459. The van der Waals surface area contributed by atoms with Crippen molar-refractivity contribution in [2.75, 3.05) is 11.9 Å². The molecule has 0 radical (unpaired) electrons. The van der Waals surface area contributed by atoms with E-state index in [4.69, 9.17) is 21.4 Å². The summed E-state index contributed by atoms with van der Waals surface area (Å²) in [4.78, 5) is 24.6. The molecule has 160 valence electrons. The number of hydrogen-bond acceptors (Lipinski definition) is 5. The molecule has 3 aromatic rings. The number of rotatable bonds is 8. The first-order valence-electron chi connectivity index (χ1n) is 9.81. The van der Waals surface area contributed by atoms with Crippen LogP contribution in [0.15, 0.2) is 71.3 Å². The maximum Gasteiger partial charge on any atom is 0.257 e. The monoisotopic (exact) mass is 437 g/mol. The zero-order valence-corrected chi connectivity index (χ0v) is 17.8. The average molecular weight is 438 g/mol. The molecule has 2 aromatic carbocycles. The lowest BCUT2D eigenvalue weighted by Crippen LogP contribution is -2.34. The fourth-order valence-electron chi connectivity index (χ4n) is 2.67. The minimum Gasteiger partial charge on any atom is -0.494 e. The topological polar surface area (TPSA) is 92.6 Å². The Balaban J connectivity index is 1.51. The molecule has 31 heavy (non-hydrogen) atoms. The van der Waals surface area contributed by atoms with Gasteiger partial charge in [-0.2, -0.15) is 0 Å². The van der Waals surface area contributed by atoms with Crippen LogP contribution in [-0.4, -0.2) is 23.5 Å². The SMILES string of the molecule is CCCOc1cccc(C(=O)NC(=S)Nc2ccc(C(=O)NCc3ccco3)cc2)c1. The Morgan fingerprint density at radius 2 is 1.81 bits per heavy atom. The Labute approximate surface area is 185 Å². The van der Waals surface area contributed by atoms with Crippen LogP contribution in [0.2, 0.25) is 0 Å². The maximum absolute atomic E-state index is 12.4. The number of ether oxygens (including phenoxy) is 1. The van der Waals surface area contributed by atoms with Crippen molar-refractivity contribution in [2.24, 2.45) is 0 Å². The van der Waals surface area contributed by atoms with Gasteiger partial charge in [0.25, 0.3) is 11.8 Å². The molecule has 0 bridgehead atoms. The van der Waals surface area contributed by atoms with E-state index >= 15 is 0 Å². The molecule has 0 spiro atoms. The molecule has 0 unspecified atom stereocenters. The van der Waals surface area contributed by atoms with Gasteiger partial charge in [0.05, 0.1) is 19.4 Å². The van der Waals surface area contributed by atoms with Gasteiger partial charge in [0.1, 0.15) is 11.5 Å². The zero-order valence-electron chi connectivity index (χ0n) is 17.0. The minimum atomic E-state index is -0.339. The van der Waals surface area contributed by atoms with Crippen molar-refractivity contribution in [3.63, 3.8) is 0 Å². The van der Waals surface area contributed by atoms with Crippen LogP contribution in [0.1, 0.15) is 39.8 Å². The van der Waals surface area contributed by atoms with Crippen LogP contribution in [0.4, 0.5) is 5.69 Å². The minimum absolute atomic E-state index is 0.153. The highest BCUT2D eigenvalue weighted by atomic mass is 32.1. The molecule has 1 aromatic heterocycles. The predicted molar refractivity (Wildman–Crippen MR) is 122 cm³/mol. The van der Waals surface area contributed by atoms with Gasteiger partial charge in [0.2, 0.25) is 0 Å². The number of anilines is 1. The summed E-state index contributed by atoms with van der Waals surface area (Å²) in [5, 5.41) is 8.50. The van der Waals surface area contributed by atoms with Crippen LogP contribution in [0.3, 0.4) is 0 Å². The third-order valence-corrected chi connectivity index (χ3v) is 4.41. The van der Waals surface area contributed by atoms with E-state index in [2.05, 4.69) is 16.0 Å². The Morgan fingerprint density at radius 1 is 1.00 bits per heavy atom. The summed E-state index contributed by atoms with van der Waals surface area (Å²) >= 11 is 5.22. The summed E-state index contributed by atoms with van der Waals surface area (Å²) in [7, 11) is 0. The molecule has 8 heteroatoms. The van der Waals surface area contributed by atoms with Crippen molar-refractivity contribution in [3.8, 4) is 5.75 Å². The molecule has 0 atom stereocenters. The first kappa shape index (κ1) is 22.0. The molecule has 3 rings (SSSR count). The molecule has 0 aliphatic heterocycles. The maximum atomic E-state index is 12.4. The Morgan fingerprint density at radius 3 is 2.52 bits per heavy atom. The number of thiocarbonyl (C=S) groups is 1. The third-order valence-electron chi connectivity index (χ3n) is 4.20. The molecule has 0 saturated carbocycles. The van der Waals surface area contributed by atoms with E-state index in [0.29, 0.717) is 41.5 Å². The van der Waals surface area contributed by atoms with Gasteiger partial charge in [-0.25, -0.2) is 0 Å². The second-order valence-corrected chi connectivity index (χ2v) is 7.03. The van der Waals surface area contributed by atoms with Gasteiger partial charge >= 0.3 is 0 Å². The van der Waals surface area contributed by atoms with Crippen LogP contribution in [0, 0.1) is 0 Å². The molecule has 0 saturated heterocycles. The zero-order chi connectivity index (χ0) is 22.1. The van der Waals surface area contributed by atoms with E-state index < -0.39 is 0 Å². The van der Waals surface area contributed by atoms with Gasteiger partial charge < -0.3 is 19.8 Å². The Kier molecular flexibility index (Phi) is 7.78. The van der Waals surface area contributed by atoms with Gasteiger partial charge in [-0.05, 0) is 73.2 Å². The van der Waals surface area contributed by atoms with E-state index in [1.807, 2.05) is 6.92 Å². The summed E-state index contributed by atoms with van der Waals surface area (Å²) in [6, 6.07) is 17.2. The van der Waals surface area contributed by atoms with E-state index in [1.165, 1.54) is 0 Å². The normalized spacial score (nSPS) is 10.2. The van der Waals surface area contributed by atoms with Crippen molar-refractivity contribution in [1.29, 1.82) is 0 Å². The van der Waals surface area contributed by atoms with Crippen LogP contribution < -0.4 is 20.7 Å². The van der Waals surface area contributed by atoms with Crippen LogP contribution in [0.5, 0.6) is 5.75 Å². The Bertz CT molecular complexity index is 1030. The summed E-state index contributed by atoms with van der Waals surface area (Å²) < 4.78 is 10.7. The second kappa shape index (κ2) is 10.9. The standard InChI is InChI=1S/C23H23N3O4S/c1-2-12-29-19-6-3-5-17(14-19)22(28)26-23(31)25-18-10-8-16(9-11-18)21(27)24-15-20-7-4-13-30-20/h3-11,13-14H,2,12,15H2,1H3,(H,24,27)(H2,25,26,28,31). The molecule has 1 heterocycles. The van der Waals surface area contributed by atoms with E-state index in [0.717, 1.165) is 6.42 Å². The smallest absolute Gasteiger partial charge is 0.257 e. The molecular weight excluding hydrogens is 414 g/mol. The number of amides is 2.